The van der Waals surface area contributed by atoms with Crippen LogP contribution in [0.5, 0.6) is 0 Å². The van der Waals surface area contributed by atoms with Gasteiger partial charge in [-0.2, -0.15) is 0 Å². The van der Waals surface area contributed by atoms with Gasteiger partial charge >= 0.3 is 0 Å². The molecule has 10 heteroatoms. The third kappa shape index (κ3) is 5.30. The molecule has 4 rings (SSSR count). The van der Waals surface area contributed by atoms with E-state index in [1.165, 1.54) is 18.3 Å². The zero-order valence-corrected chi connectivity index (χ0v) is 21.5. The van der Waals surface area contributed by atoms with Gasteiger partial charge in [0.1, 0.15) is 16.4 Å². The molecule has 1 aromatic heterocycles. The molecule has 0 radical (unpaired) electrons. The molecule has 2 atom stereocenters. The van der Waals surface area contributed by atoms with Crippen LogP contribution in [0.4, 0.5) is 14.5 Å². The summed E-state index contributed by atoms with van der Waals surface area (Å²) in [5.41, 5.74) is 1.65. The maximum absolute atomic E-state index is 13.8. The molecule has 1 N–H and O–H groups in total. The van der Waals surface area contributed by atoms with E-state index in [0.717, 1.165) is 11.0 Å². The zero-order valence-electron chi connectivity index (χ0n) is 19.1. The Balaban J connectivity index is 1.68. The number of hydrogen-bond acceptors (Lipinski definition) is 5. The Labute approximate surface area is 213 Å². The predicted molar refractivity (Wildman–Crippen MR) is 133 cm³/mol. The SMILES string of the molecule is CC(C)(C)[S@+]([O-])N[C@@H](Cc1cc(F)cc(F)c1)c1ncc(N2C(=O)c3ccccc3C2=O)cc1Br. The molecule has 2 amide bonds. The number of nitrogens with one attached hydrogen (secondary N) is 1. The molecule has 0 fully saturated rings. The Morgan fingerprint density at radius 3 is 2.14 bits per heavy atom. The highest BCUT2D eigenvalue weighted by Gasteiger charge is 2.37. The van der Waals surface area contributed by atoms with Crippen molar-refractivity contribution in [3.8, 4) is 0 Å². The number of carbonyl (C=O) groups is 2. The van der Waals surface area contributed by atoms with Crippen molar-refractivity contribution < 1.29 is 22.9 Å². The lowest BCUT2D eigenvalue weighted by molar-refractivity contribution is 0.0926. The van der Waals surface area contributed by atoms with E-state index in [9.17, 15) is 22.9 Å². The Morgan fingerprint density at radius 1 is 1.06 bits per heavy atom. The highest BCUT2D eigenvalue weighted by molar-refractivity contribution is 9.10. The van der Waals surface area contributed by atoms with Gasteiger partial charge in [0.2, 0.25) is 0 Å². The Kier molecular flexibility index (Phi) is 7.10. The van der Waals surface area contributed by atoms with Crippen LogP contribution in [0.25, 0.3) is 0 Å². The molecule has 35 heavy (non-hydrogen) atoms. The number of rotatable bonds is 6. The smallest absolute Gasteiger partial charge is 0.266 e. The van der Waals surface area contributed by atoms with Gasteiger partial charge in [0.05, 0.1) is 34.7 Å². The number of pyridine rings is 1. The maximum atomic E-state index is 13.8. The van der Waals surface area contributed by atoms with E-state index in [2.05, 4.69) is 25.6 Å². The van der Waals surface area contributed by atoms with Crippen molar-refractivity contribution in [3.05, 3.63) is 93.2 Å². The summed E-state index contributed by atoms with van der Waals surface area (Å²) in [6.45, 7) is 5.38. The number of hydrogen-bond donors (Lipinski definition) is 1. The Morgan fingerprint density at radius 2 is 1.63 bits per heavy atom. The van der Waals surface area contributed by atoms with Crippen molar-refractivity contribution in [1.82, 2.24) is 9.71 Å². The molecule has 0 saturated heterocycles. The van der Waals surface area contributed by atoms with Crippen LogP contribution in [0.3, 0.4) is 0 Å². The first-order valence-corrected chi connectivity index (χ1v) is 12.7. The third-order valence-electron chi connectivity index (χ3n) is 5.41. The standard InChI is InChI=1S/C25H22BrF2N3O3S/c1-25(2,3)35(34)30-21(10-14-8-15(27)11-16(28)9-14)22-20(26)12-17(13-29-22)31-23(32)18-6-4-5-7-19(18)24(31)33/h4-9,11-13,21,30H,10H2,1-3H3/t21-,35-/m0/s1. The van der Waals surface area contributed by atoms with Crippen LogP contribution in [-0.2, 0) is 17.8 Å². The molecule has 3 aromatic rings. The van der Waals surface area contributed by atoms with Gasteiger partial charge in [0.15, 0.2) is 0 Å². The fourth-order valence-electron chi connectivity index (χ4n) is 3.71. The van der Waals surface area contributed by atoms with Crippen LogP contribution in [-0.4, -0.2) is 26.1 Å². The van der Waals surface area contributed by atoms with E-state index in [1.54, 1.807) is 51.1 Å². The summed E-state index contributed by atoms with van der Waals surface area (Å²) in [6, 6.07) is 10.6. The first-order valence-electron chi connectivity index (χ1n) is 10.7. The monoisotopic (exact) mass is 561 g/mol. The van der Waals surface area contributed by atoms with Crippen LogP contribution in [0.1, 0.15) is 58.8 Å². The first kappa shape index (κ1) is 25.4. The fraction of sp³-hybridized carbons (Fsp3) is 0.240. The average Bonchev–Trinajstić information content (AvgIpc) is 3.02. The van der Waals surface area contributed by atoms with E-state index >= 15 is 0 Å². The summed E-state index contributed by atoms with van der Waals surface area (Å²) in [4.78, 5) is 31.2. The number of amides is 2. The number of imide groups is 1. The lowest BCUT2D eigenvalue weighted by atomic mass is 10.0. The van der Waals surface area contributed by atoms with Gasteiger partial charge < -0.3 is 4.55 Å². The van der Waals surface area contributed by atoms with E-state index in [-0.39, 0.29) is 12.1 Å². The molecule has 6 nitrogen and oxygen atoms in total. The molecule has 0 saturated carbocycles. The van der Waals surface area contributed by atoms with Gasteiger partial charge in [-0.3, -0.25) is 14.6 Å². The van der Waals surface area contributed by atoms with E-state index in [1.807, 2.05) is 0 Å². The van der Waals surface area contributed by atoms with Gasteiger partial charge in [-0.25, -0.2) is 13.7 Å². The minimum absolute atomic E-state index is 0.0917. The van der Waals surface area contributed by atoms with Crippen LogP contribution < -0.4 is 9.62 Å². The van der Waals surface area contributed by atoms with Crippen LogP contribution in [0.2, 0.25) is 0 Å². The van der Waals surface area contributed by atoms with E-state index < -0.39 is 45.6 Å². The van der Waals surface area contributed by atoms with Crippen molar-refractivity contribution in [2.75, 3.05) is 4.90 Å². The summed E-state index contributed by atoms with van der Waals surface area (Å²) >= 11 is 1.93. The number of fused-ring (bicyclic) bond motifs is 1. The normalized spacial score (nSPS) is 15.3. The Bertz CT molecular complexity index is 1260. The Hall–Kier alpha value is -2.66. The quantitative estimate of drug-likeness (QED) is 0.328. The van der Waals surface area contributed by atoms with Crippen molar-refractivity contribution in [3.63, 3.8) is 0 Å². The van der Waals surface area contributed by atoms with Gasteiger partial charge in [-0.15, -0.1) is 4.72 Å². The molecular formula is C25H22BrF2N3O3S. The molecule has 2 heterocycles. The highest BCUT2D eigenvalue weighted by Crippen LogP contribution is 2.33. The molecule has 0 bridgehead atoms. The molecule has 1 aliphatic heterocycles. The minimum Gasteiger partial charge on any atom is -0.598 e. The topological polar surface area (TPSA) is 85.4 Å². The minimum atomic E-state index is -1.52. The lowest BCUT2D eigenvalue weighted by Gasteiger charge is -2.28. The molecule has 0 aliphatic carbocycles. The van der Waals surface area contributed by atoms with E-state index in [0.29, 0.717) is 26.9 Å². The summed E-state index contributed by atoms with van der Waals surface area (Å²) in [6.07, 6.45) is 1.47. The second-order valence-corrected chi connectivity index (χ2v) is 11.9. The first-order chi connectivity index (χ1) is 16.5. The van der Waals surface area contributed by atoms with Crippen LogP contribution in [0, 0.1) is 11.6 Å². The summed E-state index contributed by atoms with van der Waals surface area (Å²) in [5, 5.41) is 0. The number of halogens is 3. The number of nitrogens with zero attached hydrogens (tertiary/aromatic N) is 2. The van der Waals surface area contributed by atoms with Crippen molar-refractivity contribution in [2.24, 2.45) is 0 Å². The molecule has 2 aromatic carbocycles. The van der Waals surface area contributed by atoms with Crippen molar-refractivity contribution >= 4 is 44.8 Å². The van der Waals surface area contributed by atoms with Gasteiger partial charge in [-0.1, -0.05) is 12.1 Å². The van der Waals surface area contributed by atoms with Gasteiger partial charge in [-0.05, 0) is 79.0 Å². The molecule has 0 unspecified atom stereocenters. The fourth-order valence-corrected chi connectivity index (χ4v) is 5.13. The summed E-state index contributed by atoms with van der Waals surface area (Å²) in [7, 11) is 0. The van der Waals surface area contributed by atoms with Crippen LogP contribution in [0.15, 0.2) is 59.2 Å². The van der Waals surface area contributed by atoms with Crippen molar-refractivity contribution in [2.45, 2.75) is 38.0 Å². The zero-order chi connectivity index (χ0) is 25.5. The average molecular weight is 562 g/mol. The van der Waals surface area contributed by atoms with Gasteiger partial charge in [0.25, 0.3) is 11.8 Å². The second-order valence-electron chi connectivity index (χ2n) is 9.09. The molecule has 182 valence electrons. The second kappa shape index (κ2) is 9.77. The van der Waals surface area contributed by atoms with Crippen molar-refractivity contribution in [1.29, 1.82) is 0 Å². The van der Waals surface area contributed by atoms with Gasteiger partial charge in [0, 0.05) is 21.9 Å². The number of anilines is 1. The largest absolute Gasteiger partial charge is 0.598 e. The molecule has 0 spiro atoms. The van der Waals surface area contributed by atoms with Crippen LogP contribution >= 0.6 is 15.9 Å². The maximum Gasteiger partial charge on any atom is 0.266 e. The number of benzene rings is 2. The molecular weight excluding hydrogens is 540 g/mol. The third-order valence-corrected chi connectivity index (χ3v) is 7.65. The lowest BCUT2D eigenvalue weighted by Crippen LogP contribution is -2.42. The number of carbonyl (C=O) groups excluding carboxylic acids is 2. The predicted octanol–water partition coefficient (Wildman–Crippen LogP) is 5.26. The number of aromatic nitrogens is 1. The highest BCUT2D eigenvalue weighted by atomic mass is 79.9. The summed E-state index contributed by atoms with van der Waals surface area (Å²) < 4.78 is 43.3. The van der Waals surface area contributed by atoms with E-state index in [4.69, 9.17) is 0 Å². The summed E-state index contributed by atoms with van der Waals surface area (Å²) in [5.74, 6) is -2.34. The molecule has 1 aliphatic rings.